The maximum absolute atomic E-state index is 9.29. The monoisotopic (exact) mass is 172 g/mol. The molecule has 0 aliphatic carbocycles. The molecule has 0 saturated carbocycles. The lowest BCUT2D eigenvalue weighted by Crippen LogP contribution is -1.86. The molecule has 0 atom stereocenters. The highest BCUT2D eigenvalue weighted by Crippen LogP contribution is 2.30. The van der Waals surface area contributed by atoms with Crippen LogP contribution in [0.2, 0.25) is 5.02 Å². The number of halogens is 1. The van der Waals surface area contributed by atoms with E-state index >= 15 is 0 Å². The molecule has 1 aromatic carbocycles. The molecule has 1 aromatic rings. The molecule has 0 fully saturated rings. The lowest BCUT2D eigenvalue weighted by Gasteiger charge is -2.04. The SMILES string of the molecule is Cc1ccc(CO)c(O)c1Cl. The molecule has 0 bridgehead atoms. The number of rotatable bonds is 1. The Balaban J connectivity index is 3.25. The fraction of sp³-hybridized carbons (Fsp3) is 0.250. The predicted molar refractivity (Wildman–Crippen MR) is 43.8 cm³/mol. The van der Waals surface area contributed by atoms with E-state index in [-0.39, 0.29) is 12.4 Å². The van der Waals surface area contributed by atoms with Gasteiger partial charge in [-0.2, -0.15) is 0 Å². The number of aliphatic hydroxyl groups excluding tert-OH is 1. The van der Waals surface area contributed by atoms with Gasteiger partial charge in [0.2, 0.25) is 0 Å². The van der Waals surface area contributed by atoms with E-state index in [9.17, 15) is 5.11 Å². The van der Waals surface area contributed by atoms with Crippen LogP contribution in [0.3, 0.4) is 0 Å². The van der Waals surface area contributed by atoms with Gasteiger partial charge in [-0.3, -0.25) is 0 Å². The Morgan fingerprint density at radius 2 is 2.09 bits per heavy atom. The van der Waals surface area contributed by atoms with Crippen LogP contribution in [-0.2, 0) is 6.61 Å². The van der Waals surface area contributed by atoms with Crippen molar-refractivity contribution in [1.82, 2.24) is 0 Å². The normalized spacial score (nSPS) is 10.1. The highest BCUT2D eigenvalue weighted by molar-refractivity contribution is 6.32. The van der Waals surface area contributed by atoms with E-state index in [0.717, 1.165) is 5.56 Å². The summed E-state index contributed by atoms with van der Waals surface area (Å²) in [7, 11) is 0. The van der Waals surface area contributed by atoms with Crippen LogP contribution in [-0.4, -0.2) is 10.2 Å². The summed E-state index contributed by atoms with van der Waals surface area (Å²) in [4.78, 5) is 0. The van der Waals surface area contributed by atoms with Crippen molar-refractivity contribution >= 4 is 11.6 Å². The zero-order chi connectivity index (χ0) is 8.43. The fourth-order valence-corrected chi connectivity index (χ4v) is 1.02. The Kier molecular flexibility index (Phi) is 2.37. The molecular formula is C8H9ClO2. The number of hydrogen-bond donors (Lipinski definition) is 2. The van der Waals surface area contributed by atoms with Crippen LogP contribution < -0.4 is 0 Å². The van der Waals surface area contributed by atoms with Gasteiger partial charge in [-0.25, -0.2) is 0 Å². The van der Waals surface area contributed by atoms with Gasteiger partial charge in [0.05, 0.1) is 11.6 Å². The molecule has 2 nitrogen and oxygen atoms in total. The summed E-state index contributed by atoms with van der Waals surface area (Å²) in [5.41, 5.74) is 1.27. The zero-order valence-electron chi connectivity index (χ0n) is 6.13. The van der Waals surface area contributed by atoms with E-state index < -0.39 is 0 Å². The van der Waals surface area contributed by atoms with E-state index in [4.69, 9.17) is 16.7 Å². The van der Waals surface area contributed by atoms with Crippen molar-refractivity contribution in [2.24, 2.45) is 0 Å². The topological polar surface area (TPSA) is 40.5 Å². The maximum atomic E-state index is 9.29. The standard InChI is InChI=1S/C8H9ClO2/c1-5-2-3-6(4-10)8(11)7(5)9/h2-3,10-11H,4H2,1H3. The molecule has 0 amide bonds. The maximum Gasteiger partial charge on any atom is 0.139 e. The summed E-state index contributed by atoms with van der Waals surface area (Å²) in [6.45, 7) is 1.61. The van der Waals surface area contributed by atoms with Crippen LogP contribution in [0.5, 0.6) is 5.75 Å². The highest BCUT2D eigenvalue weighted by Gasteiger charge is 2.06. The van der Waals surface area contributed by atoms with Crippen LogP contribution in [0.4, 0.5) is 0 Å². The van der Waals surface area contributed by atoms with E-state index in [1.54, 1.807) is 19.1 Å². The average molecular weight is 173 g/mol. The number of hydrogen-bond acceptors (Lipinski definition) is 2. The number of aromatic hydroxyl groups is 1. The molecule has 0 spiro atoms. The van der Waals surface area contributed by atoms with Crippen LogP contribution >= 0.6 is 11.6 Å². The van der Waals surface area contributed by atoms with Gasteiger partial charge in [-0.05, 0) is 12.5 Å². The molecule has 0 aliphatic heterocycles. The van der Waals surface area contributed by atoms with Gasteiger partial charge in [0, 0.05) is 5.56 Å². The summed E-state index contributed by atoms with van der Waals surface area (Å²) in [5.74, 6) is -0.0193. The fourth-order valence-electron chi connectivity index (χ4n) is 0.833. The van der Waals surface area contributed by atoms with Gasteiger partial charge in [0.1, 0.15) is 5.75 Å². The number of aryl methyl sites for hydroxylation is 1. The zero-order valence-corrected chi connectivity index (χ0v) is 6.89. The van der Waals surface area contributed by atoms with Crippen LogP contribution in [0.25, 0.3) is 0 Å². The van der Waals surface area contributed by atoms with Gasteiger partial charge in [0.15, 0.2) is 0 Å². The summed E-state index contributed by atoms with van der Waals surface area (Å²) in [5, 5.41) is 18.3. The van der Waals surface area contributed by atoms with Crippen molar-refractivity contribution in [3.8, 4) is 5.75 Å². The minimum absolute atomic E-state index is 0.0193. The third-order valence-electron chi connectivity index (χ3n) is 1.56. The second-order valence-electron chi connectivity index (χ2n) is 2.36. The molecular weight excluding hydrogens is 164 g/mol. The van der Waals surface area contributed by atoms with Crippen molar-refractivity contribution in [1.29, 1.82) is 0 Å². The lowest BCUT2D eigenvalue weighted by molar-refractivity contribution is 0.275. The molecule has 1 rings (SSSR count). The van der Waals surface area contributed by atoms with Crippen LogP contribution in [0.1, 0.15) is 11.1 Å². The minimum Gasteiger partial charge on any atom is -0.506 e. The van der Waals surface area contributed by atoms with Gasteiger partial charge < -0.3 is 10.2 Å². The predicted octanol–water partition coefficient (Wildman–Crippen LogP) is 1.85. The second-order valence-corrected chi connectivity index (χ2v) is 2.74. The lowest BCUT2D eigenvalue weighted by atomic mass is 10.1. The summed E-state index contributed by atoms with van der Waals surface area (Å²) in [6.07, 6.45) is 0. The van der Waals surface area contributed by atoms with Crippen molar-refractivity contribution in [2.75, 3.05) is 0 Å². The van der Waals surface area contributed by atoms with Crippen molar-refractivity contribution in [2.45, 2.75) is 13.5 Å². The third-order valence-corrected chi connectivity index (χ3v) is 2.04. The van der Waals surface area contributed by atoms with E-state index in [0.29, 0.717) is 10.6 Å². The first-order chi connectivity index (χ1) is 5.16. The average Bonchev–Trinajstić information content (AvgIpc) is 2.01. The van der Waals surface area contributed by atoms with Crippen LogP contribution in [0.15, 0.2) is 12.1 Å². The Morgan fingerprint density at radius 3 is 2.64 bits per heavy atom. The number of aliphatic hydroxyl groups is 1. The van der Waals surface area contributed by atoms with E-state index in [1.165, 1.54) is 0 Å². The van der Waals surface area contributed by atoms with Crippen LogP contribution in [0, 0.1) is 6.92 Å². The van der Waals surface area contributed by atoms with Gasteiger partial charge in [-0.1, -0.05) is 23.7 Å². The molecule has 0 saturated heterocycles. The Labute approximate surface area is 70.1 Å². The van der Waals surface area contributed by atoms with Gasteiger partial charge in [-0.15, -0.1) is 0 Å². The molecule has 0 radical (unpaired) electrons. The smallest absolute Gasteiger partial charge is 0.139 e. The van der Waals surface area contributed by atoms with Gasteiger partial charge >= 0.3 is 0 Å². The molecule has 2 N–H and O–H groups in total. The highest BCUT2D eigenvalue weighted by atomic mass is 35.5. The third kappa shape index (κ3) is 1.47. The first-order valence-corrected chi connectivity index (χ1v) is 3.62. The second kappa shape index (κ2) is 3.11. The first-order valence-electron chi connectivity index (χ1n) is 3.24. The van der Waals surface area contributed by atoms with Crippen molar-refractivity contribution in [3.63, 3.8) is 0 Å². The molecule has 60 valence electrons. The Bertz CT molecular complexity index is 271. The number of phenols is 1. The summed E-state index contributed by atoms with van der Waals surface area (Å²) >= 11 is 5.70. The quantitative estimate of drug-likeness (QED) is 0.679. The van der Waals surface area contributed by atoms with E-state index in [1.807, 2.05) is 0 Å². The Hall–Kier alpha value is -0.730. The molecule has 3 heteroatoms. The Morgan fingerprint density at radius 1 is 1.45 bits per heavy atom. The van der Waals surface area contributed by atoms with Crippen molar-refractivity contribution < 1.29 is 10.2 Å². The molecule has 11 heavy (non-hydrogen) atoms. The molecule has 0 aliphatic rings. The molecule has 0 heterocycles. The minimum atomic E-state index is -0.189. The van der Waals surface area contributed by atoms with E-state index in [2.05, 4.69) is 0 Å². The van der Waals surface area contributed by atoms with Gasteiger partial charge in [0.25, 0.3) is 0 Å². The first kappa shape index (κ1) is 8.37. The number of benzene rings is 1. The molecule has 0 unspecified atom stereocenters. The summed E-state index contributed by atoms with van der Waals surface area (Å²) < 4.78 is 0. The summed E-state index contributed by atoms with van der Waals surface area (Å²) in [6, 6.07) is 3.41. The van der Waals surface area contributed by atoms with Crippen molar-refractivity contribution in [3.05, 3.63) is 28.3 Å². The molecule has 0 aromatic heterocycles. The largest absolute Gasteiger partial charge is 0.506 e.